The van der Waals surface area contributed by atoms with E-state index in [0.29, 0.717) is 10.6 Å². The first-order valence-corrected chi connectivity index (χ1v) is 7.09. The molecule has 0 radical (unpaired) electrons. The quantitative estimate of drug-likeness (QED) is 0.682. The number of para-hydroxylation sites is 1. The van der Waals surface area contributed by atoms with Gasteiger partial charge in [-0.3, -0.25) is 14.9 Å². The molecule has 1 atom stereocenters. The van der Waals surface area contributed by atoms with E-state index in [9.17, 15) is 14.9 Å². The SMILES string of the molecule is Cc1cccc(C(=O)NC(C)c2ccccc2Cl)c1[N+](=O)[O-]. The molecule has 114 valence electrons. The first-order valence-electron chi connectivity index (χ1n) is 6.71. The van der Waals surface area contributed by atoms with Crippen molar-refractivity contribution in [1.29, 1.82) is 0 Å². The zero-order valence-electron chi connectivity index (χ0n) is 12.2. The highest BCUT2D eigenvalue weighted by Crippen LogP contribution is 2.25. The lowest BCUT2D eigenvalue weighted by Crippen LogP contribution is -2.27. The van der Waals surface area contributed by atoms with Crippen molar-refractivity contribution in [1.82, 2.24) is 5.32 Å². The fourth-order valence-corrected chi connectivity index (χ4v) is 2.56. The van der Waals surface area contributed by atoms with Gasteiger partial charge in [0.05, 0.1) is 11.0 Å². The van der Waals surface area contributed by atoms with Gasteiger partial charge in [0.2, 0.25) is 0 Å². The number of nitrogens with zero attached hydrogens (tertiary/aromatic N) is 1. The number of hydrogen-bond acceptors (Lipinski definition) is 3. The summed E-state index contributed by atoms with van der Waals surface area (Å²) in [6, 6.07) is 11.5. The molecule has 1 amide bonds. The Hall–Kier alpha value is -2.40. The lowest BCUT2D eigenvalue weighted by molar-refractivity contribution is -0.385. The molecule has 0 aliphatic rings. The molecule has 0 saturated carbocycles. The van der Waals surface area contributed by atoms with Gasteiger partial charge in [0.15, 0.2) is 0 Å². The van der Waals surface area contributed by atoms with Gasteiger partial charge >= 0.3 is 0 Å². The maximum absolute atomic E-state index is 12.4. The molecule has 0 saturated heterocycles. The number of carbonyl (C=O) groups excluding carboxylic acids is 1. The highest BCUT2D eigenvalue weighted by atomic mass is 35.5. The Balaban J connectivity index is 2.29. The second kappa shape index (κ2) is 6.58. The van der Waals surface area contributed by atoms with Gasteiger partial charge in [0.1, 0.15) is 5.56 Å². The second-order valence-electron chi connectivity index (χ2n) is 4.94. The van der Waals surface area contributed by atoms with Crippen molar-refractivity contribution >= 4 is 23.2 Å². The Morgan fingerprint density at radius 2 is 1.91 bits per heavy atom. The Morgan fingerprint density at radius 1 is 1.23 bits per heavy atom. The number of hydrogen-bond donors (Lipinski definition) is 1. The van der Waals surface area contributed by atoms with Gasteiger partial charge in [0.25, 0.3) is 11.6 Å². The van der Waals surface area contributed by atoms with Gasteiger partial charge < -0.3 is 5.32 Å². The minimum Gasteiger partial charge on any atom is -0.345 e. The van der Waals surface area contributed by atoms with Gasteiger partial charge in [0, 0.05) is 10.6 Å². The number of aryl methyl sites for hydroxylation is 1. The summed E-state index contributed by atoms with van der Waals surface area (Å²) in [5.41, 5.74) is 1.08. The first kappa shape index (κ1) is 16.0. The zero-order valence-corrected chi connectivity index (χ0v) is 12.9. The summed E-state index contributed by atoms with van der Waals surface area (Å²) in [6.45, 7) is 3.38. The minimum atomic E-state index is -0.537. The third kappa shape index (κ3) is 3.26. The molecule has 6 heteroatoms. The maximum Gasteiger partial charge on any atom is 0.285 e. The van der Waals surface area contributed by atoms with E-state index in [1.165, 1.54) is 6.07 Å². The number of amides is 1. The first-order chi connectivity index (χ1) is 10.4. The predicted octanol–water partition coefficient (Wildman–Crippen LogP) is 4.05. The summed E-state index contributed by atoms with van der Waals surface area (Å²) >= 11 is 6.10. The summed E-state index contributed by atoms with van der Waals surface area (Å²) in [4.78, 5) is 23.0. The Bertz CT molecular complexity index is 731. The van der Waals surface area contributed by atoms with E-state index >= 15 is 0 Å². The van der Waals surface area contributed by atoms with Crippen LogP contribution in [0.5, 0.6) is 0 Å². The molecular weight excluding hydrogens is 304 g/mol. The molecule has 2 aromatic carbocycles. The van der Waals surface area contributed by atoms with Crippen LogP contribution in [-0.4, -0.2) is 10.8 Å². The minimum absolute atomic E-state index is 0.0453. The zero-order chi connectivity index (χ0) is 16.3. The number of nitro benzene ring substituents is 1. The van der Waals surface area contributed by atoms with Gasteiger partial charge in [-0.2, -0.15) is 0 Å². The van der Waals surface area contributed by atoms with E-state index in [-0.39, 0.29) is 17.3 Å². The third-order valence-corrected chi connectivity index (χ3v) is 3.73. The maximum atomic E-state index is 12.4. The molecule has 2 rings (SSSR count). The molecule has 5 nitrogen and oxygen atoms in total. The standard InChI is InChI=1S/C16H15ClN2O3/c1-10-6-5-8-13(15(10)19(21)22)16(20)18-11(2)12-7-3-4-9-14(12)17/h3-9,11H,1-2H3,(H,18,20). The smallest absolute Gasteiger partial charge is 0.285 e. The number of rotatable bonds is 4. The summed E-state index contributed by atoms with van der Waals surface area (Å²) in [5.74, 6) is -0.497. The number of nitrogens with one attached hydrogen (secondary N) is 1. The van der Waals surface area contributed by atoms with Crippen LogP contribution >= 0.6 is 11.6 Å². The van der Waals surface area contributed by atoms with Crippen LogP contribution in [0.4, 0.5) is 5.69 Å². The molecule has 0 fully saturated rings. The lowest BCUT2D eigenvalue weighted by Gasteiger charge is -2.16. The van der Waals surface area contributed by atoms with Gasteiger partial charge in [-0.05, 0) is 31.5 Å². The van der Waals surface area contributed by atoms with Crippen molar-refractivity contribution in [3.05, 3.63) is 74.3 Å². The van der Waals surface area contributed by atoms with Crippen LogP contribution in [0.1, 0.15) is 34.5 Å². The molecule has 0 bridgehead atoms. The summed E-state index contributed by atoms with van der Waals surface area (Å²) in [7, 11) is 0. The van der Waals surface area contributed by atoms with E-state index in [1.54, 1.807) is 44.2 Å². The van der Waals surface area contributed by atoms with E-state index in [2.05, 4.69) is 5.32 Å². The van der Waals surface area contributed by atoms with Crippen LogP contribution in [0, 0.1) is 17.0 Å². The molecule has 0 aliphatic heterocycles. The van der Waals surface area contributed by atoms with Crippen LogP contribution in [0.2, 0.25) is 5.02 Å². The van der Waals surface area contributed by atoms with Gasteiger partial charge in [-0.25, -0.2) is 0 Å². The molecule has 1 N–H and O–H groups in total. The van der Waals surface area contributed by atoms with Crippen LogP contribution in [0.15, 0.2) is 42.5 Å². The van der Waals surface area contributed by atoms with Crippen LogP contribution < -0.4 is 5.32 Å². The van der Waals surface area contributed by atoms with E-state index in [4.69, 9.17) is 11.6 Å². The van der Waals surface area contributed by atoms with Gasteiger partial charge in [-0.15, -0.1) is 0 Å². The van der Waals surface area contributed by atoms with Crippen molar-refractivity contribution < 1.29 is 9.72 Å². The normalized spacial score (nSPS) is 11.8. The average Bonchev–Trinajstić information content (AvgIpc) is 2.46. The number of benzene rings is 2. The molecule has 2 aromatic rings. The largest absolute Gasteiger partial charge is 0.345 e. The Kier molecular flexibility index (Phi) is 4.78. The summed E-state index contributed by atoms with van der Waals surface area (Å²) in [6.07, 6.45) is 0. The van der Waals surface area contributed by atoms with Crippen molar-refractivity contribution in [3.63, 3.8) is 0 Å². The predicted molar refractivity (Wildman–Crippen MR) is 85.2 cm³/mol. The summed E-state index contributed by atoms with van der Waals surface area (Å²) in [5, 5.41) is 14.4. The fourth-order valence-electron chi connectivity index (χ4n) is 2.26. The summed E-state index contributed by atoms with van der Waals surface area (Å²) < 4.78 is 0. The lowest BCUT2D eigenvalue weighted by atomic mass is 10.1. The Labute approximate surface area is 133 Å². The van der Waals surface area contributed by atoms with E-state index < -0.39 is 10.8 Å². The molecule has 0 heterocycles. The second-order valence-corrected chi connectivity index (χ2v) is 5.35. The monoisotopic (exact) mass is 318 g/mol. The third-order valence-electron chi connectivity index (χ3n) is 3.38. The van der Waals surface area contributed by atoms with Crippen molar-refractivity contribution in [2.24, 2.45) is 0 Å². The van der Waals surface area contributed by atoms with E-state index in [0.717, 1.165) is 5.56 Å². The average molecular weight is 319 g/mol. The number of carbonyl (C=O) groups is 1. The van der Waals surface area contributed by atoms with Crippen LogP contribution in [-0.2, 0) is 0 Å². The highest BCUT2D eigenvalue weighted by Gasteiger charge is 2.23. The molecule has 0 aliphatic carbocycles. The van der Waals surface area contributed by atoms with Crippen molar-refractivity contribution in [2.75, 3.05) is 0 Å². The number of halogens is 1. The van der Waals surface area contributed by atoms with E-state index in [1.807, 2.05) is 6.07 Å². The van der Waals surface area contributed by atoms with Crippen LogP contribution in [0.25, 0.3) is 0 Å². The van der Waals surface area contributed by atoms with Crippen LogP contribution in [0.3, 0.4) is 0 Å². The molecule has 0 spiro atoms. The fraction of sp³-hybridized carbons (Fsp3) is 0.188. The molecule has 0 aromatic heterocycles. The van der Waals surface area contributed by atoms with Crippen molar-refractivity contribution in [3.8, 4) is 0 Å². The molecule has 1 unspecified atom stereocenters. The highest BCUT2D eigenvalue weighted by molar-refractivity contribution is 6.31. The molecular formula is C16H15ClN2O3. The topological polar surface area (TPSA) is 72.2 Å². The number of nitro groups is 1. The Morgan fingerprint density at radius 3 is 2.55 bits per heavy atom. The van der Waals surface area contributed by atoms with Crippen molar-refractivity contribution in [2.45, 2.75) is 19.9 Å². The van der Waals surface area contributed by atoms with Gasteiger partial charge in [-0.1, -0.05) is 41.9 Å². The molecule has 22 heavy (non-hydrogen) atoms.